The molecule has 168 valence electrons. The molecule has 0 aromatic heterocycles. The number of hydrogen-bond donors (Lipinski definition) is 5. The van der Waals surface area contributed by atoms with E-state index in [0.717, 1.165) is 7.11 Å². The smallest absolute Gasteiger partial charge is 0.547 e. The maximum Gasteiger partial charge on any atom is 1.00 e. The molecule has 10 atom stereocenters. The zero-order chi connectivity index (χ0) is 21.9. The van der Waals surface area contributed by atoms with Gasteiger partial charge in [-0.2, -0.15) is 0 Å². The minimum absolute atomic E-state index is 0. The summed E-state index contributed by atoms with van der Waals surface area (Å²) in [4.78, 5) is 11.4. The minimum Gasteiger partial charge on any atom is -0.547 e. The summed E-state index contributed by atoms with van der Waals surface area (Å²) in [5, 5.41) is 54.9. The van der Waals surface area contributed by atoms with Crippen LogP contribution in [0.15, 0.2) is 12.3 Å². The van der Waals surface area contributed by atoms with Gasteiger partial charge in [0.15, 0.2) is 12.6 Å². The van der Waals surface area contributed by atoms with Crippen LogP contribution >= 0.6 is 0 Å². The molecule has 30 heavy (non-hydrogen) atoms. The van der Waals surface area contributed by atoms with Crippen LogP contribution in [0.5, 0.6) is 0 Å². The molecule has 6 unspecified atom stereocenters. The molecule has 2 saturated heterocycles. The number of aliphatic carboxylic acids is 1. The molecule has 2 aliphatic heterocycles. The van der Waals surface area contributed by atoms with E-state index in [2.05, 4.69) is 11.9 Å². The zero-order valence-electron chi connectivity index (χ0n) is 17.3. The van der Waals surface area contributed by atoms with E-state index in [-0.39, 0.29) is 29.6 Å². The van der Waals surface area contributed by atoms with Gasteiger partial charge in [-0.05, 0) is 6.92 Å². The summed E-state index contributed by atoms with van der Waals surface area (Å²) in [6, 6.07) is -0.871. The molecular weight excluding hydrogens is 417 g/mol. The molecule has 5 N–H and O–H groups in total. The van der Waals surface area contributed by atoms with E-state index in [1.54, 1.807) is 6.92 Å². The topological polar surface area (TPSA) is 179 Å². The van der Waals surface area contributed by atoms with Gasteiger partial charge < -0.3 is 59.3 Å². The fraction of sp³-hybridized carbons (Fsp3) is 0.824. The van der Waals surface area contributed by atoms with Gasteiger partial charge in [-0.15, -0.1) is 0 Å². The second-order valence-corrected chi connectivity index (χ2v) is 6.93. The number of methoxy groups -OCH3 is 2. The van der Waals surface area contributed by atoms with Gasteiger partial charge in [0, 0.05) is 19.9 Å². The third kappa shape index (κ3) is 5.91. The molecular formula is C17H28NNaO11. The van der Waals surface area contributed by atoms with Crippen molar-refractivity contribution in [2.75, 3.05) is 20.8 Å². The van der Waals surface area contributed by atoms with Crippen molar-refractivity contribution in [1.29, 1.82) is 0 Å². The van der Waals surface area contributed by atoms with Crippen molar-refractivity contribution in [2.45, 2.75) is 68.3 Å². The number of hydrogen-bond acceptors (Lipinski definition) is 12. The van der Waals surface area contributed by atoms with E-state index in [4.69, 9.17) is 23.7 Å². The molecule has 2 aliphatic rings. The van der Waals surface area contributed by atoms with Crippen molar-refractivity contribution in [2.24, 2.45) is 0 Å². The zero-order valence-corrected chi connectivity index (χ0v) is 19.3. The van der Waals surface area contributed by atoms with Crippen molar-refractivity contribution >= 4 is 5.97 Å². The molecule has 0 aliphatic carbocycles. The molecule has 2 rings (SSSR count). The first-order valence-electron chi connectivity index (χ1n) is 8.96. The number of carbonyl (C=O) groups is 1. The van der Waals surface area contributed by atoms with Crippen LogP contribution in [-0.4, -0.2) is 109 Å². The van der Waals surface area contributed by atoms with Crippen molar-refractivity contribution in [3.63, 3.8) is 0 Å². The second-order valence-electron chi connectivity index (χ2n) is 6.93. The molecule has 13 heteroatoms. The number of nitrogens with one attached hydrogen (secondary N) is 1. The van der Waals surface area contributed by atoms with Crippen LogP contribution in [0.2, 0.25) is 0 Å². The predicted octanol–water partition coefficient (Wildman–Crippen LogP) is -7.20. The second kappa shape index (κ2) is 12.0. The Balaban J connectivity index is 0.00000450. The fourth-order valence-corrected chi connectivity index (χ4v) is 3.43. The predicted molar refractivity (Wildman–Crippen MR) is 91.9 cm³/mol. The van der Waals surface area contributed by atoms with Crippen LogP contribution < -0.4 is 40.0 Å². The average molecular weight is 445 g/mol. The Morgan fingerprint density at radius 3 is 2.17 bits per heavy atom. The van der Waals surface area contributed by atoms with E-state index >= 15 is 0 Å². The summed E-state index contributed by atoms with van der Waals surface area (Å²) in [5.41, 5.74) is 0.473. The molecule has 2 heterocycles. The summed E-state index contributed by atoms with van der Waals surface area (Å²) in [6.07, 6.45) is -12.9. The van der Waals surface area contributed by atoms with Gasteiger partial charge in [-0.3, -0.25) is 0 Å². The monoisotopic (exact) mass is 445 g/mol. The van der Waals surface area contributed by atoms with Crippen molar-refractivity contribution < 1.29 is 83.6 Å². The Morgan fingerprint density at radius 2 is 1.70 bits per heavy atom. The molecule has 0 radical (unpaired) electrons. The number of rotatable bonds is 8. The van der Waals surface area contributed by atoms with Crippen LogP contribution in [0.3, 0.4) is 0 Å². The number of aliphatic hydroxyl groups is 4. The van der Waals surface area contributed by atoms with E-state index in [1.165, 1.54) is 7.11 Å². The van der Waals surface area contributed by atoms with Crippen molar-refractivity contribution in [3.8, 4) is 0 Å². The fourth-order valence-electron chi connectivity index (χ4n) is 3.43. The van der Waals surface area contributed by atoms with Crippen LogP contribution in [0, 0.1) is 0 Å². The Bertz CT molecular complexity index is 582. The summed E-state index contributed by atoms with van der Waals surface area (Å²) in [7, 11) is 2.48. The molecule has 0 bridgehead atoms. The quantitative estimate of drug-likeness (QED) is 0.223. The first-order valence-corrected chi connectivity index (χ1v) is 8.96. The Labute approximate surface area is 196 Å². The number of ether oxygens (including phenoxy) is 5. The van der Waals surface area contributed by atoms with E-state index in [0.29, 0.717) is 5.70 Å². The molecule has 0 aromatic carbocycles. The first-order chi connectivity index (χ1) is 13.7. The summed E-state index contributed by atoms with van der Waals surface area (Å²) in [5.74, 6) is -1.68. The third-order valence-corrected chi connectivity index (χ3v) is 4.84. The SMILES string of the molecule is C=C(C)N[C@@H]1C(OC)OC(CO)[C@@H](O)C1OC1OC(C(=O)[O-])[C@@H](OC)C(O)[C@@H]1O.[Na+]. The van der Waals surface area contributed by atoms with Crippen LogP contribution in [0.25, 0.3) is 0 Å². The van der Waals surface area contributed by atoms with E-state index < -0.39 is 73.9 Å². The van der Waals surface area contributed by atoms with E-state index in [1.807, 2.05) is 0 Å². The summed E-state index contributed by atoms with van der Waals surface area (Å²) >= 11 is 0. The van der Waals surface area contributed by atoms with Gasteiger partial charge >= 0.3 is 29.6 Å². The maximum absolute atomic E-state index is 11.4. The first kappa shape index (κ1) is 27.7. The Morgan fingerprint density at radius 1 is 1.07 bits per heavy atom. The third-order valence-electron chi connectivity index (χ3n) is 4.84. The number of carboxylic acid groups (broad SMARTS) is 1. The molecule has 0 aromatic rings. The minimum atomic E-state index is -1.74. The van der Waals surface area contributed by atoms with Gasteiger partial charge in [0.25, 0.3) is 0 Å². The largest absolute Gasteiger partial charge is 1.00 e. The van der Waals surface area contributed by atoms with Gasteiger partial charge in [0.2, 0.25) is 0 Å². The summed E-state index contributed by atoms with van der Waals surface area (Å²) in [6.45, 7) is 4.79. The van der Waals surface area contributed by atoms with Crippen molar-refractivity contribution in [3.05, 3.63) is 12.3 Å². The number of carboxylic acids is 1. The Kier molecular flexibility index (Phi) is 11.1. The van der Waals surface area contributed by atoms with Crippen LogP contribution in [0.4, 0.5) is 0 Å². The number of allylic oxidation sites excluding steroid dienone is 1. The van der Waals surface area contributed by atoms with Gasteiger partial charge in [0.05, 0.1) is 12.6 Å². The van der Waals surface area contributed by atoms with Gasteiger partial charge in [0.1, 0.15) is 48.8 Å². The van der Waals surface area contributed by atoms with E-state index in [9.17, 15) is 30.3 Å². The molecule has 0 saturated carbocycles. The van der Waals surface area contributed by atoms with Crippen LogP contribution in [0.1, 0.15) is 6.92 Å². The number of aliphatic hydroxyl groups excluding tert-OH is 4. The van der Waals surface area contributed by atoms with Crippen molar-refractivity contribution in [1.82, 2.24) is 5.32 Å². The maximum atomic E-state index is 11.4. The molecule has 0 spiro atoms. The van der Waals surface area contributed by atoms with Gasteiger partial charge in [-0.25, -0.2) is 0 Å². The summed E-state index contributed by atoms with van der Waals surface area (Å²) < 4.78 is 26.5. The number of carbonyl (C=O) groups excluding carboxylic acids is 1. The normalized spacial score (nSPS) is 41.6. The van der Waals surface area contributed by atoms with Crippen LogP contribution in [-0.2, 0) is 28.5 Å². The average Bonchev–Trinajstić information content (AvgIpc) is 2.67. The van der Waals surface area contributed by atoms with Gasteiger partial charge in [-0.1, -0.05) is 6.58 Å². The molecule has 12 nitrogen and oxygen atoms in total. The standard InChI is InChI=1S/C17H29NO11.Na/c1-6(2)18-8-12(9(20)7(5-19)27-16(8)26-4)28-17-11(22)10(21)13(25-3)14(29-17)15(23)24;/h7-14,16-22H,1,5H2,2-4H3,(H,23,24);/q;+1/p-1/t7?,8-,9+,10?,11-,12?,13-,14?,16?,17?;/m0./s1. The Hall–Kier alpha value is -0.350. The molecule has 0 amide bonds. The molecule has 2 fully saturated rings.